The van der Waals surface area contributed by atoms with E-state index in [-0.39, 0.29) is 35.6 Å². The van der Waals surface area contributed by atoms with E-state index in [1.807, 2.05) is 29.6 Å². The van der Waals surface area contributed by atoms with Gasteiger partial charge in [-0.05, 0) is 54.0 Å². The number of likely N-dealkylation sites (tertiary alicyclic amines) is 1. The fraction of sp³-hybridized carbons (Fsp3) is 0.357. The molecule has 0 radical (unpaired) electrons. The van der Waals surface area contributed by atoms with Gasteiger partial charge >= 0.3 is 0 Å². The van der Waals surface area contributed by atoms with Crippen LogP contribution in [0.25, 0.3) is 10.4 Å². The van der Waals surface area contributed by atoms with Crippen molar-refractivity contribution in [2.24, 2.45) is 5.92 Å². The molecule has 3 atom stereocenters. The van der Waals surface area contributed by atoms with Crippen LogP contribution in [0.15, 0.2) is 71.2 Å². The molecule has 3 unspecified atom stereocenters. The number of pyridine rings is 1. The number of carbonyl (C=O) groups excluding carboxylic acids is 3. The molecular weight excluding hydrogens is 552 g/mol. The Balaban J connectivity index is 1.19. The van der Waals surface area contributed by atoms with Crippen LogP contribution in [0.4, 0.5) is 0 Å². The predicted molar refractivity (Wildman–Crippen MR) is 147 cm³/mol. The topological polar surface area (TPSA) is 131 Å². The van der Waals surface area contributed by atoms with Gasteiger partial charge in [-0.2, -0.15) is 9.04 Å². The lowest BCUT2D eigenvalue weighted by Gasteiger charge is -2.28. The summed E-state index contributed by atoms with van der Waals surface area (Å²) in [6.07, 6.45) is 4.85. The van der Waals surface area contributed by atoms with Gasteiger partial charge in [0.2, 0.25) is 15.9 Å². The first-order chi connectivity index (χ1) is 19.2. The zero-order chi connectivity index (χ0) is 28.0. The quantitative estimate of drug-likeness (QED) is 0.321. The second-order valence-electron chi connectivity index (χ2n) is 10.5. The molecule has 2 aromatic heterocycles. The van der Waals surface area contributed by atoms with Gasteiger partial charge in [0.1, 0.15) is 17.0 Å². The van der Waals surface area contributed by atoms with Crippen molar-refractivity contribution < 1.29 is 27.5 Å². The van der Waals surface area contributed by atoms with Crippen molar-refractivity contribution >= 4 is 39.0 Å². The number of thiophene rings is 1. The molecule has 1 N–H and O–H groups in total. The van der Waals surface area contributed by atoms with Gasteiger partial charge in [0.25, 0.3) is 5.91 Å². The predicted octanol–water partition coefficient (Wildman–Crippen LogP) is 2.19. The Morgan fingerprint density at radius 1 is 1.10 bits per heavy atom. The molecule has 4 heterocycles. The summed E-state index contributed by atoms with van der Waals surface area (Å²) in [5.74, 6) is -0.787. The standard InChI is InChI=1S/C28H28N4O6S2/c33-24-17-32(40(37,38)21-3-1-12-30(36)16-21)23-11-13-31(26(23)24)28(35)22(15-18-5-6-18)29-27(34)20-9-7-19(8-10-20)25-4-2-14-39-25/h1-4,7-10,12,14,16,18,22-23,26H,5-6,11,13,15,17H2,(H,29,34). The highest BCUT2D eigenvalue weighted by Gasteiger charge is 2.54. The van der Waals surface area contributed by atoms with E-state index in [0.717, 1.165) is 33.8 Å². The maximum absolute atomic E-state index is 13.8. The van der Waals surface area contributed by atoms with Crippen LogP contribution in [-0.2, 0) is 19.6 Å². The maximum atomic E-state index is 13.8. The number of sulfonamides is 1. The lowest BCUT2D eigenvalue weighted by Crippen LogP contribution is -2.52. The van der Waals surface area contributed by atoms with Crippen molar-refractivity contribution in [3.63, 3.8) is 0 Å². The lowest BCUT2D eigenvalue weighted by atomic mass is 10.1. The number of hydrogen-bond acceptors (Lipinski definition) is 7. The van der Waals surface area contributed by atoms with E-state index in [1.54, 1.807) is 23.5 Å². The Hall–Kier alpha value is -3.61. The number of carbonyl (C=O) groups is 3. The minimum absolute atomic E-state index is 0.202. The van der Waals surface area contributed by atoms with E-state index in [2.05, 4.69) is 5.32 Å². The summed E-state index contributed by atoms with van der Waals surface area (Å²) in [4.78, 5) is 42.4. The van der Waals surface area contributed by atoms with Crippen LogP contribution in [0.2, 0.25) is 0 Å². The first-order valence-electron chi connectivity index (χ1n) is 13.2. The van der Waals surface area contributed by atoms with Gasteiger partial charge in [0.15, 0.2) is 18.2 Å². The third-order valence-electron chi connectivity index (χ3n) is 7.84. The van der Waals surface area contributed by atoms with Crippen LogP contribution < -0.4 is 10.0 Å². The summed E-state index contributed by atoms with van der Waals surface area (Å²) >= 11 is 1.61. The van der Waals surface area contributed by atoms with Crippen molar-refractivity contribution in [3.8, 4) is 10.4 Å². The van der Waals surface area contributed by atoms with E-state index < -0.39 is 28.1 Å². The number of aromatic nitrogens is 1. The summed E-state index contributed by atoms with van der Waals surface area (Å²) < 4.78 is 28.1. The Labute approximate surface area is 235 Å². The second-order valence-corrected chi connectivity index (χ2v) is 13.3. The largest absolute Gasteiger partial charge is 0.619 e. The number of amides is 2. The average Bonchev–Trinajstić information content (AvgIpc) is 3.31. The molecule has 1 aliphatic carbocycles. The fourth-order valence-electron chi connectivity index (χ4n) is 5.64. The maximum Gasteiger partial charge on any atom is 0.251 e. The van der Waals surface area contributed by atoms with Gasteiger partial charge < -0.3 is 15.4 Å². The monoisotopic (exact) mass is 580 g/mol. The number of nitrogens with zero attached hydrogens (tertiary/aromatic N) is 3. The summed E-state index contributed by atoms with van der Waals surface area (Å²) in [5, 5.41) is 16.6. The van der Waals surface area contributed by atoms with Crippen LogP contribution >= 0.6 is 11.3 Å². The third-order valence-corrected chi connectivity index (χ3v) is 10.6. The van der Waals surface area contributed by atoms with Crippen molar-refractivity contribution in [1.29, 1.82) is 0 Å². The molecule has 40 heavy (non-hydrogen) atoms. The van der Waals surface area contributed by atoms with Gasteiger partial charge in [-0.25, -0.2) is 8.42 Å². The van der Waals surface area contributed by atoms with Crippen LogP contribution in [0, 0.1) is 11.1 Å². The molecule has 208 valence electrons. The van der Waals surface area contributed by atoms with Gasteiger partial charge in [-0.3, -0.25) is 14.4 Å². The highest BCUT2D eigenvalue weighted by molar-refractivity contribution is 7.89. The Morgan fingerprint density at radius 2 is 1.88 bits per heavy atom. The smallest absolute Gasteiger partial charge is 0.251 e. The van der Waals surface area contributed by atoms with Gasteiger partial charge in [0, 0.05) is 23.1 Å². The van der Waals surface area contributed by atoms with E-state index in [0.29, 0.717) is 29.1 Å². The van der Waals surface area contributed by atoms with E-state index in [1.165, 1.54) is 23.2 Å². The highest BCUT2D eigenvalue weighted by atomic mass is 32.2. The fourth-order valence-corrected chi connectivity index (χ4v) is 8.01. The minimum Gasteiger partial charge on any atom is -0.619 e. The molecule has 6 rings (SSSR count). The molecule has 0 spiro atoms. The van der Waals surface area contributed by atoms with Crippen molar-refractivity contribution in [2.45, 2.75) is 48.7 Å². The minimum atomic E-state index is -4.12. The van der Waals surface area contributed by atoms with Gasteiger partial charge in [-0.1, -0.05) is 31.0 Å². The number of hydrogen-bond donors (Lipinski definition) is 1. The van der Waals surface area contributed by atoms with Crippen LogP contribution in [0.3, 0.4) is 0 Å². The zero-order valence-corrected chi connectivity index (χ0v) is 23.1. The third kappa shape index (κ3) is 5.02. The van der Waals surface area contributed by atoms with Crippen LogP contribution in [0.5, 0.6) is 0 Å². The molecule has 0 bridgehead atoms. The first-order valence-corrected chi connectivity index (χ1v) is 15.5. The number of ketones is 1. The number of Topliss-reactive ketones (excluding diaryl/α,β-unsaturated/α-hetero) is 1. The molecule has 1 saturated carbocycles. The summed E-state index contributed by atoms with van der Waals surface area (Å²) in [6.45, 7) is -0.166. The van der Waals surface area contributed by atoms with Crippen LogP contribution in [0.1, 0.15) is 36.0 Å². The van der Waals surface area contributed by atoms with Crippen molar-refractivity contribution in [1.82, 2.24) is 14.5 Å². The van der Waals surface area contributed by atoms with Crippen LogP contribution in [-0.4, -0.2) is 66.4 Å². The lowest BCUT2D eigenvalue weighted by molar-refractivity contribution is -0.607. The van der Waals surface area contributed by atoms with Gasteiger partial charge in [0.05, 0.1) is 12.6 Å². The Morgan fingerprint density at radius 3 is 2.55 bits per heavy atom. The average molecular weight is 581 g/mol. The molecule has 2 aliphatic heterocycles. The van der Waals surface area contributed by atoms with Crippen molar-refractivity contribution in [2.75, 3.05) is 13.1 Å². The summed E-state index contributed by atoms with van der Waals surface area (Å²) in [5.41, 5.74) is 1.43. The second kappa shape index (κ2) is 10.4. The number of rotatable bonds is 8. The summed E-state index contributed by atoms with van der Waals surface area (Å²) in [6, 6.07) is 11.4. The molecule has 12 heteroatoms. The molecular formula is C28H28N4O6S2. The Kier molecular flexibility index (Phi) is 6.93. The molecule has 2 saturated heterocycles. The van der Waals surface area contributed by atoms with E-state index in [9.17, 15) is 28.0 Å². The van der Waals surface area contributed by atoms with E-state index in [4.69, 9.17) is 0 Å². The number of fused-ring (bicyclic) bond motifs is 1. The normalized spacial score (nSPS) is 21.8. The van der Waals surface area contributed by atoms with E-state index >= 15 is 0 Å². The highest BCUT2D eigenvalue weighted by Crippen LogP contribution is 2.37. The molecule has 1 aromatic carbocycles. The summed E-state index contributed by atoms with van der Waals surface area (Å²) in [7, 11) is -4.12. The van der Waals surface area contributed by atoms with Gasteiger partial charge in [-0.15, -0.1) is 11.3 Å². The first kappa shape index (κ1) is 26.6. The molecule has 3 aromatic rings. The molecule has 3 fully saturated rings. The molecule has 3 aliphatic rings. The SMILES string of the molecule is O=C(NC(CC1CC1)C(=O)N1CCC2C1C(=O)CN2S(=O)(=O)c1ccc[n+]([O-])c1)c1ccc(-c2cccs2)cc1. The molecule has 10 nitrogen and oxygen atoms in total. The van der Waals surface area contributed by atoms with Crippen molar-refractivity contribution in [3.05, 3.63) is 77.1 Å². The number of benzene rings is 1. The zero-order valence-electron chi connectivity index (χ0n) is 21.5. The number of nitrogens with one attached hydrogen (secondary N) is 1. The Bertz CT molecular complexity index is 1550. The molecule has 2 amide bonds.